The number of aromatic nitrogens is 6. The topological polar surface area (TPSA) is 155 Å². The number of thioether (sulfide) groups is 1. The van der Waals surface area contributed by atoms with Gasteiger partial charge in [0.2, 0.25) is 5.16 Å². The van der Waals surface area contributed by atoms with Crippen LogP contribution < -0.4 is 17.0 Å². The van der Waals surface area contributed by atoms with Crippen LogP contribution in [-0.2, 0) is 6.54 Å². The number of carbonyl (C=O) groups is 1. The Morgan fingerprint density at radius 1 is 1.41 bits per heavy atom. The van der Waals surface area contributed by atoms with Crippen molar-refractivity contribution in [3.63, 3.8) is 0 Å². The number of nitrogens with two attached hydrogens (primary N) is 1. The molecule has 3 heterocycles. The van der Waals surface area contributed by atoms with Crippen molar-refractivity contribution < 1.29 is 9.21 Å². The van der Waals surface area contributed by atoms with E-state index >= 15 is 0 Å². The van der Waals surface area contributed by atoms with Gasteiger partial charge in [0.15, 0.2) is 5.78 Å². The van der Waals surface area contributed by atoms with E-state index < -0.39 is 17.0 Å². The molecule has 1 fully saturated rings. The summed E-state index contributed by atoms with van der Waals surface area (Å²) in [7, 11) is 0. The molecule has 140 valence electrons. The molecule has 0 aromatic carbocycles. The fourth-order valence-corrected chi connectivity index (χ4v) is 3.43. The van der Waals surface area contributed by atoms with Crippen molar-refractivity contribution in [3.8, 4) is 0 Å². The Kier molecular flexibility index (Phi) is 4.39. The van der Waals surface area contributed by atoms with Gasteiger partial charge in [-0.2, -0.15) is 0 Å². The van der Waals surface area contributed by atoms with Crippen molar-refractivity contribution in [2.75, 3.05) is 11.5 Å². The zero-order chi connectivity index (χ0) is 19.0. The van der Waals surface area contributed by atoms with Gasteiger partial charge in [-0.25, -0.2) is 9.48 Å². The highest BCUT2D eigenvalue weighted by Gasteiger charge is 2.30. The summed E-state index contributed by atoms with van der Waals surface area (Å²) in [6.45, 7) is 0.311. The van der Waals surface area contributed by atoms with Crippen LogP contribution in [-0.4, -0.2) is 41.3 Å². The van der Waals surface area contributed by atoms with Crippen LogP contribution in [0, 0.1) is 0 Å². The molecular weight excluding hydrogens is 374 g/mol. The first-order chi connectivity index (χ1) is 13.0. The summed E-state index contributed by atoms with van der Waals surface area (Å²) in [5.41, 5.74) is 4.37. The number of Topliss-reactive ketones (excluding diaryl/α,β-unsaturated/α-hetero) is 1. The molecule has 3 aromatic heterocycles. The summed E-state index contributed by atoms with van der Waals surface area (Å²) in [4.78, 5) is 38.8. The maximum atomic E-state index is 12.6. The van der Waals surface area contributed by atoms with Gasteiger partial charge in [-0.3, -0.25) is 19.1 Å². The predicted molar refractivity (Wildman–Crippen MR) is 94.7 cm³/mol. The Bertz CT molecular complexity index is 1090. The summed E-state index contributed by atoms with van der Waals surface area (Å²) in [5.74, 6) is -0.0327. The van der Waals surface area contributed by atoms with Crippen molar-refractivity contribution in [2.24, 2.45) is 0 Å². The lowest BCUT2D eigenvalue weighted by Crippen LogP contribution is -2.36. The molecule has 0 spiro atoms. The molecule has 0 unspecified atom stereocenters. The minimum atomic E-state index is -0.782. The smallest absolute Gasteiger partial charge is 0.330 e. The molecule has 11 nitrogen and oxygen atoms in total. The fourth-order valence-electron chi connectivity index (χ4n) is 2.68. The van der Waals surface area contributed by atoms with E-state index in [4.69, 9.17) is 10.2 Å². The molecule has 0 aliphatic heterocycles. The van der Waals surface area contributed by atoms with E-state index in [1.165, 1.54) is 9.25 Å². The van der Waals surface area contributed by atoms with Crippen molar-refractivity contribution in [2.45, 2.75) is 30.6 Å². The highest BCUT2D eigenvalue weighted by atomic mass is 32.2. The SMILES string of the molecule is Nc1c(C(=O)CSc2nnnn2Cc2ccco2)c(=O)[nH]c(=O)n1C1CC1. The van der Waals surface area contributed by atoms with E-state index in [0.29, 0.717) is 17.5 Å². The third kappa shape index (κ3) is 3.43. The van der Waals surface area contributed by atoms with Crippen molar-refractivity contribution in [1.82, 2.24) is 29.8 Å². The first kappa shape index (κ1) is 17.3. The van der Waals surface area contributed by atoms with Crippen LogP contribution in [0.3, 0.4) is 0 Å². The Labute approximate surface area is 155 Å². The molecule has 0 bridgehead atoms. The van der Waals surface area contributed by atoms with Crippen molar-refractivity contribution in [3.05, 3.63) is 50.6 Å². The number of nitrogens with one attached hydrogen (secondary N) is 1. The normalized spacial score (nSPS) is 13.8. The molecule has 12 heteroatoms. The van der Waals surface area contributed by atoms with Crippen LogP contribution in [0.25, 0.3) is 0 Å². The predicted octanol–water partition coefficient (Wildman–Crippen LogP) is 0.0565. The van der Waals surface area contributed by atoms with Gasteiger partial charge in [-0.05, 0) is 35.4 Å². The van der Waals surface area contributed by atoms with E-state index in [1.807, 2.05) is 0 Å². The van der Waals surface area contributed by atoms with Gasteiger partial charge >= 0.3 is 5.69 Å². The molecule has 0 radical (unpaired) electrons. The molecule has 1 aliphatic rings. The number of nitrogen functional groups attached to an aromatic ring is 1. The summed E-state index contributed by atoms with van der Waals surface area (Å²) in [5, 5.41) is 11.7. The molecule has 3 aromatic rings. The van der Waals surface area contributed by atoms with Crippen LogP contribution >= 0.6 is 11.8 Å². The maximum Gasteiger partial charge on any atom is 0.330 e. The molecule has 3 N–H and O–H groups in total. The third-order valence-corrected chi connectivity index (χ3v) is 5.05. The summed E-state index contributed by atoms with van der Waals surface area (Å²) in [6.07, 6.45) is 3.13. The summed E-state index contributed by atoms with van der Waals surface area (Å²) < 4.78 is 8.01. The highest BCUT2D eigenvalue weighted by Crippen LogP contribution is 2.35. The van der Waals surface area contributed by atoms with Gasteiger partial charge in [0, 0.05) is 6.04 Å². The number of carbonyl (C=O) groups excluding carboxylic acids is 1. The number of hydrogen-bond acceptors (Lipinski definition) is 9. The summed E-state index contributed by atoms with van der Waals surface area (Å²) in [6, 6.07) is 3.47. The number of tetrazole rings is 1. The second kappa shape index (κ2) is 6.87. The average molecular weight is 389 g/mol. The minimum Gasteiger partial charge on any atom is -0.467 e. The Hall–Kier alpha value is -3.15. The number of nitrogens with zero attached hydrogens (tertiary/aromatic N) is 5. The number of H-pyrrole nitrogens is 1. The molecule has 0 amide bonds. The number of rotatable bonds is 7. The lowest BCUT2D eigenvalue weighted by Gasteiger charge is -2.10. The third-order valence-electron chi connectivity index (χ3n) is 4.09. The fraction of sp³-hybridized carbons (Fsp3) is 0.333. The second-order valence-electron chi connectivity index (χ2n) is 6.03. The largest absolute Gasteiger partial charge is 0.467 e. The lowest BCUT2D eigenvalue weighted by molar-refractivity contribution is 0.102. The number of hydrogen-bond donors (Lipinski definition) is 2. The Morgan fingerprint density at radius 2 is 2.22 bits per heavy atom. The second-order valence-corrected chi connectivity index (χ2v) is 6.97. The van der Waals surface area contributed by atoms with Crippen LogP contribution in [0.2, 0.25) is 0 Å². The zero-order valence-corrected chi connectivity index (χ0v) is 14.8. The van der Waals surface area contributed by atoms with E-state index in [0.717, 1.165) is 24.6 Å². The Morgan fingerprint density at radius 3 is 2.93 bits per heavy atom. The molecule has 1 aliphatic carbocycles. The number of anilines is 1. The molecular formula is C15H15N7O4S. The summed E-state index contributed by atoms with van der Waals surface area (Å²) >= 11 is 1.07. The minimum absolute atomic E-state index is 0.0610. The van der Waals surface area contributed by atoms with Crippen LogP contribution in [0.5, 0.6) is 0 Å². The van der Waals surface area contributed by atoms with Crippen molar-refractivity contribution >= 4 is 23.4 Å². The Balaban J connectivity index is 1.53. The maximum absolute atomic E-state index is 12.6. The number of aromatic amines is 1. The molecule has 0 saturated heterocycles. The van der Waals surface area contributed by atoms with Gasteiger partial charge in [0.1, 0.15) is 23.7 Å². The van der Waals surface area contributed by atoms with Crippen molar-refractivity contribution in [1.29, 1.82) is 0 Å². The zero-order valence-electron chi connectivity index (χ0n) is 14.0. The van der Waals surface area contributed by atoms with E-state index in [2.05, 4.69) is 20.5 Å². The lowest BCUT2D eigenvalue weighted by atomic mass is 10.2. The first-order valence-corrected chi connectivity index (χ1v) is 9.12. The number of furan rings is 1. The number of ketones is 1. The van der Waals surface area contributed by atoms with Gasteiger partial charge in [0.05, 0.1) is 12.0 Å². The highest BCUT2D eigenvalue weighted by molar-refractivity contribution is 7.99. The van der Waals surface area contributed by atoms with E-state index in [-0.39, 0.29) is 23.2 Å². The van der Waals surface area contributed by atoms with Crippen LogP contribution in [0.4, 0.5) is 5.82 Å². The van der Waals surface area contributed by atoms with Crippen LogP contribution in [0.15, 0.2) is 37.6 Å². The standard InChI is InChI=1S/C15H15N7O4S/c16-12-11(13(24)17-14(25)22(12)8-3-4-8)10(23)7-27-15-18-19-20-21(15)6-9-2-1-5-26-9/h1-2,5,8H,3-4,6-7,16H2,(H,17,24,25). The van der Waals surface area contributed by atoms with E-state index in [1.54, 1.807) is 18.4 Å². The molecule has 4 rings (SSSR count). The van der Waals surface area contributed by atoms with E-state index in [9.17, 15) is 14.4 Å². The quantitative estimate of drug-likeness (QED) is 0.421. The van der Waals surface area contributed by atoms with Gasteiger partial charge in [-0.1, -0.05) is 11.8 Å². The van der Waals surface area contributed by atoms with Gasteiger partial charge in [-0.15, -0.1) is 5.10 Å². The van der Waals surface area contributed by atoms with Crippen LogP contribution in [0.1, 0.15) is 35.0 Å². The monoisotopic (exact) mass is 389 g/mol. The average Bonchev–Trinajstić information content (AvgIpc) is 3.14. The first-order valence-electron chi connectivity index (χ1n) is 8.13. The molecule has 27 heavy (non-hydrogen) atoms. The molecule has 0 atom stereocenters. The molecule has 1 saturated carbocycles. The van der Waals surface area contributed by atoms with Gasteiger partial charge < -0.3 is 10.2 Å². The van der Waals surface area contributed by atoms with Gasteiger partial charge in [0.25, 0.3) is 5.56 Å².